The SMILES string of the molecule is C#CCC(O)(CC(C)(C)c1ccc(Cl)cc1S(C)(=O)=O)C(F)(F)F. The molecule has 8 heteroatoms. The average Bonchev–Trinajstić information content (AvgIpc) is 2.35. The number of hydrogen-bond acceptors (Lipinski definition) is 3. The quantitative estimate of drug-likeness (QED) is 0.789. The fraction of sp³-hybridized carbons (Fsp3) is 0.500. The molecule has 1 atom stereocenters. The van der Waals surface area contributed by atoms with Gasteiger partial charge in [0.2, 0.25) is 0 Å². The number of alkyl halides is 3. The number of aliphatic hydroxyl groups is 1. The molecule has 24 heavy (non-hydrogen) atoms. The summed E-state index contributed by atoms with van der Waals surface area (Å²) in [5, 5.41) is 10.2. The highest BCUT2D eigenvalue weighted by molar-refractivity contribution is 7.90. The van der Waals surface area contributed by atoms with Gasteiger partial charge < -0.3 is 5.11 Å². The molecule has 1 aromatic rings. The van der Waals surface area contributed by atoms with E-state index in [-0.39, 0.29) is 15.5 Å². The molecule has 1 N–H and O–H groups in total. The maximum atomic E-state index is 13.3. The number of sulfone groups is 1. The summed E-state index contributed by atoms with van der Waals surface area (Å²) in [7, 11) is -3.73. The van der Waals surface area contributed by atoms with Gasteiger partial charge in [0.15, 0.2) is 15.4 Å². The van der Waals surface area contributed by atoms with Crippen LogP contribution >= 0.6 is 11.6 Å². The first-order valence-corrected chi connectivity index (χ1v) is 9.14. The molecule has 1 aromatic carbocycles. The first kappa shape index (κ1) is 20.8. The topological polar surface area (TPSA) is 54.4 Å². The molecule has 0 aliphatic rings. The molecule has 0 spiro atoms. The maximum absolute atomic E-state index is 13.3. The molecule has 0 amide bonds. The van der Waals surface area contributed by atoms with Crippen LogP contribution in [0.2, 0.25) is 5.02 Å². The van der Waals surface area contributed by atoms with E-state index in [2.05, 4.69) is 0 Å². The first-order valence-electron chi connectivity index (χ1n) is 6.87. The summed E-state index contributed by atoms with van der Waals surface area (Å²) >= 11 is 5.81. The van der Waals surface area contributed by atoms with Gasteiger partial charge in [0.1, 0.15) is 0 Å². The van der Waals surface area contributed by atoms with Gasteiger partial charge in [-0.05, 0) is 29.5 Å². The Morgan fingerprint density at radius 1 is 1.29 bits per heavy atom. The largest absolute Gasteiger partial charge is 0.418 e. The van der Waals surface area contributed by atoms with Crippen molar-refractivity contribution in [1.29, 1.82) is 0 Å². The lowest BCUT2D eigenvalue weighted by molar-refractivity contribution is -0.264. The van der Waals surface area contributed by atoms with Gasteiger partial charge in [-0.15, -0.1) is 12.3 Å². The predicted octanol–water partition coefficient (Wildman–Crippen LogP) is 3.73. The molecule has 3 nitrogen and oxygen atoms in total. The molecule has 134 valence electrons. The van der Waals surface area contributed by atoms with Gasteiger partial charge in [0, 0.05) is 17.7 Å². The third-order valence-electron chi connectivity index (χ3n) is 3.73. The van der Waals surface area contributed by atoms with Crippen LogP contribution < -0.4 is 0 Å². The molecule has 0 aromatic heterocycles. The van der Waals surface area contributed by atoms with E-state index in [1.54, 1.807) is 0 Å². The fourth-order valence-electron chi connectivity index (χ4n) is 2.62. The summed E-state index contributed by atoms with van der Waals surface area (Å²) in [5.74, 6) is 1.83. The van der Waals surface area contributed by atoms with Crippen LogP contribution in [-0.2, 0) is 15.3 Å². The summed E-state index contributed by atoms with van der Waals surface area (Å²) in [4.78, 5) is -0.176. The van der Waals surface area contributed by atoms with Crippen molar-refractivity contribution >= 4 is 21.4 Å². The van der Waals surface area contributed by atoms with E-state index >= 15 is 0 Å². The summed E-state index contributed by atoms with van der Waals surface area (Å²) in [6, 6.07) is 3.92. The lowest BCUT2D eigenvalue weighted by atomic mass is 9.74. The molecule has 1 unspecified atom stereocenters. The van der Waals surface area contributed by atoms with E-state index in [4.69, 9.17) is 18.0 Å². The van der Waals surface area contributed by atoms with Gasteiger partial charge in [-0.1, -0.05) is 31.5 Å². The fourth-order valence-corrected chi connectivity index (χ4v) is 3.94. The lowest BCUT2D eigenvalue weighted by Gasteiger charge is -2.37. The Morgan fingerprint density at radius 2 is 1.83 bits per heavy atom. The molecule has 0 saturated carbocycles. The molecule has 0 fully saturated rings. The monoisotopic (exact) mass is 382 g/mol. The third kappa shape index (κ3) is 4.44. The van der Waals surface area contributed by atoms with Crippen LogP contribution in [0.4, 0.5) is 13.2 Å². The van der Waals surface area contributed by atoms with E-state index in [1.165, 1.54) is 32.0 Å². The minimum absolute atomic E-state index is 0.133. The number of rotatable bonds is 5. The van der Waals surface area contributed by atoms with Crippen molar-refractivity contribution in [2.45, 2.75) is 48.8 Å². The Hall–Kier alpha value is -1.23. The Morgan fingerprint density at radius 3 is 2.25 bits per heavy atom. The minimum atomic E-state index is -4.95. The van der Waals surface area contributed by atoms with Crippen LogP contribution in [0.1, 0.15) is 32.3 Å². The molecule has 0 heterocycles. The molecule has 0 saturated heterocycles. The van der Waals surface area contributed by atoms with Gasteiger partial charge in [-0.25, -0.2) is 8.42 Å². The van der Waals surface area contributed by atoms with Crippen molar-refractivity contribution in [3.8, 4) is 12.3 Å². The summed E-state index contributed by atoms with van der Waals surface area (Å²) < 4.78 is 63.7. The molecular weight excluding hydrogens is 365 g/mol. The van der Waals surface area contributed by atoms with Crippen LogP contribution in [0.15, 0.2) is 23.1 Å². The van der Waals surface area contributed by atoms with Crippen LogP contribution in [0.5, 0.6) is 0 Å². The zero-order valence-corrected chi connectivity index (χ0v) is 15.0. The molecule has 0 aliphatic heterocycles. The highest BCUT2D eigenvalue weighted by Gasteiger charge is 2.55. The molecular formula is C16H18ClF3O3S. The number of terminal acetylenes is 1. The zero-order valence-electron chi connectivity index (χ0n) is 13.4. The van der Waals surface area contributed by atoms with E-state index in [0.717, 1.165) is 6.26 Å². The van der Waals surface area contributed by atoms with Crippen molar-refractivity contribution in [3.63, 3.8) is 0 Å². The lowest BCUT2D eigenvalue weighted by Crippen LogP contribution is -2.49. The van der Waals surface area contributed by atoms with Crippen LogP contribution in [0.3, 0.4) is 0 Å². The number of halogens is 4. The average molecular weight is 383 g/mol. The summed E-state index contributed by atoms with van der Waals surface area (Å²) in [5.41, 5.74) is -4.32. The Labute approximate surface area is 144 Å². The van der Waals surface area contributed by atoms with Crippen molar-refractivity contribution in [3.05, 3.63) is 28.8 Å². The van der Waals surface area contributed by atoms with Crippen molar-refractivity contribution in [2.24, 2.45) is 0 Å². The smallest absolute Gasteiger partial charge is 0.380 e. The Bertz CT molecular complexity index is 764. The molecule has 0 aliphatic carbocycles. The van der Waals surface area contributed by atoms with Crippen molar-refractivity contribution in [1.82, 2.24) is 0 Å². The molecule has 0 bridgehead atoms. The Balaban J connectivity index is 3.49. The summed E-state index contributed by atoms with van der Waals surface area (Å²) in [6.07, 6.45) is -0.768. The first-order chi connectivity index (χ1) is 10.6. The van der Waals surface area contributed by atoms with Crippen molar-refractivity contribution in [2.75, 3.05) is 6.26 Å². The number of benzene rings is 1. The number of hydrogen-bond donors (Lipinski definition) is 1. The van der Waals surface area contributed by atoms with E-state index in [9.17, 15) is 26.7 Å². The summed E-state index contributed by atoms with van der Waals surface area (Å²) in [6.45, 7) is 2.83. The second kappa shape index (κ2) is 6.58. The predicted molar refractivity (Wildman–Crippen MR) is 86.7 cm³/mol. The van der Waals surface area contributed by atoms with Crippen LogP contribution in [0, 0.1) is 12.3 Å². The van der Waals surface area contributed by atoms with Crippen molar-refractivity contribution < 1.29 is 26.7 Å². The zero-order chi connectivity index (χ0) is 19.0. The maximum Gasteiger partial charge on any atom is 0.418 e. The highest BCUT2D eigenvalue weighted by Crippen LogP contribution is 2.44. The second-order valence-electron chi connectivity index (χ2n) is 6.38. The van der Waals surface area contributed by atoms with Gasteiger partial charge in [-0.3, -0.25) is 0 Å². The highest BCUT2D eigenvalue weighted by atomic mass is 35.5. The van der Waals surface area contributed by atoms with Gasteiger partial charge in [0.25, 0.3) is 0 Å². The van der Waals surface area contributed by atoms with Crippen LogP contribution in [0.25, 0.3) is 0 Å². The molecule has 1 rings (SSSR count). The Kier molecular flexibility index (Phi) is 5.71. The van der Waals surface area contributed by atoms with Crippen LogP contribution in [-0.4, -0.2) is 31.6 Å². The standard InChI is InChI=1S/C16H18ClF3O3S/c1-5-8-15(21,16(18,19)20)10-14(2,3)12-7-6-11(17)9-13(12)24(4,22)23/h1,6-7,9,21H,8,10H2,2-4H3. The van der Waals surface area contributed by atoms with Gasteiger partial charge in [0.05, 0.1) is 4.90 Å². The van der Waals surface area contributed by atoms with E-state index in [1.807, 2.05) is 5.92 Å². The normalized spacial score (nSPS) is 15.6. The third-order valence-corrected chi connectivity index (χ3v) is 5.10. The van der Waals surface area contributed by atoms with E-state index < -0.39 is 39.9 Å². The van der Waals surface area contributed by atoms with Gasteiger partial charge in [-0.2, -0.15) is 13.2 Å². The van der Waals surface area contributed by atoms with Gasteiger partial charge >= 0.3 is 6.18 Å². The minimum Gasteiger partial charge on any atom is -0.380 e. The second-order valence-corrected chi connectivity index (χ2v) is 8.80. The van der Waals surface area contributed by atoms with E-state index in [0.29, 0.717) is 0 Å². The molecule has 0 radical (unpaired) electrons.